The maximum atomic E-state index is 13.1. The molecule has 6 heterocycles. The van der Waals surface area contributed by atoms with Crippen LogP contribution < -0.4 is 41.4 Å². The van der Waals surface area contributed by atoms with Crippen molar-refractivity contribution in [3.05, 3.63) is 148 Å². The number of aryl methyl sites for hydroxylation is 2. The molecule has 0 radical (unpaired) electrons. The fourth-order valence-corrected chi connectivity index (χ4v) is 11.5. The molecule has 0 saturated heterocycles. The molecule has 0 N–H and O–H groups in total. The van der Waals surface area contributed by atoms with E-state index in [1.54, 1.807) is 12.1 Å². The Morgan fingerprint density at radius 2 is 1.21 bits per heavy atom. The van der Waals surface area contributed by atoms with Gasteiger partial charge in [0.25, 0.3) is 0 Å². The van der Waals surface area contributed by atoms with Crippen molar-refractivity contribution in [1.29, 1.82) is 10.5 Å². The van der Waals surface area contributed by atoms with E-state index in [1.165, 1.54) is 79.4 Å². The van der Waals surface area contributed by atoms with Gasteiger partial charge in [-0.05, 0) is 131 Å². The van der Waals surface area contributed by atoms with Crippen LogP contribution in [0.2, 0.25) is 0 Å². The number of fused-ring (bicyclic) bond motifs is 10. The van der Waals surface area contributed by atoms with E-state index in [0.717, 1.165) is 64.4 Å². The molecule has 360 valence electrons. The second-order valence-corrected chi connectivity index (χ2v) is 20.1. The lowest BCUT2D eigenvalue weighted by atomic mass is 9.83. The minimum absolute atomic E-state index is 0. The minimum Gasteiger partial charge on any atom is -0.493 e. The predicted octanol–water partition coefficient (Wildman–Crippen LogP) is 7.87. The summed E-state index contributed by atoms with van der Waals surface area (Å²) in [6.07, 6.45) is 4.25. The first kappa shape index (κ1) is 47.0. The lowest BCUT2D eigenvalue weighted by molar-refractivity contribution is -0.686. The predicted molar refractivity (Wildman–Crippen MR) is 257 cm³/mol. The lowest BCUT2D eigenvalue weighted by Crippen LogP contribution is -2.40. The fraction of sp³-hybridized carbons (Fsp3) is 0.212. The number of hydrogen-bond donors (Lipinski definition) is 0. The molecule has 0 fully saturated rings. The summed E-state index contributed by atoms with van der Waals surface area (Å²) in [5, 5.41) is 19.4. The Morgan fingerprint density at radius 1 is 0.648 bits per heavy atom. The third-order valence-corrected chi connectivity index (χ3v) is 15.6. The van der Waals surface area contributed by atoms with Crippen LogP contribution in [0.4, 0.5) is 0 Å². The molecule has 19 heteroatoms. The quantitative estimate of drug-likeness (QED) is 0.105. The maximum absolute atomic E-state index is 13.1. The van der Waals surface area contributed by atoms with Crippen LogP contribution in [0.25, 0.3) is 22.0 Å². The van der Waals surface area contributed by atoms with Gasteiger partial charge in [-0.25, -0.2) is 0 Å². The molecule has 0 amide bonds. The lowest BCUT2D eigenvalue weighted by Gasteiger charge is -2.42. The first-order valence-electron chi connectivity index (χ1n) is 22.1. The Balaban J connectivity index is 0.000000162. The molecule has 12 rings (SSSR count). The molecule has 0 bridgehead atoms. The second-order valence-electron chi connectivity index (χ2n) is 17.0. The van der Waals surface area contributed by atoms with E-state index >= 15 is 0 Å². The van der Waals surface area contributed by atoms with E-state index in [9.17, 15) is 16.8 Å². The molecule has 16 nitrogen and oxygen atoms in total. The summed E-state index contributed by atoms with van der Waals surface area (Å²) in [5.74, 6) is 4.02. The van der Waals surface area contributed by atoms with Gasteiger partial charge in [0.2, 0.25) is 19.3 Å². The van der Waals surface area contributed by atoms with Crippen LogP contribution in [0.3, 0.4) is 0 Å². The molecule has 71 heavy (non-hydrogen) atoms. The molecule has 0 saturated carbocycles. The number of hydrogen-bond acceptors (Lipinski definition) is 15. The van der Waals surface area contributed by atoms with Gasteiger partial charge in [-0.2, -0.15) is 31.9 Å². The summed E-state index contributed by atoms with van der Waals surface area (Å²) in [7, 11) is -5.34. The van der Waals surface area contributed by atoms with Crippen molar-refractivity contribution >= 4 is 43.4 Å². The number of halogens is 1. The van der Waals surface area contributed by atoms with Gasteiger partial charge in [0, 0.05) is 37.2 Å². The number of rotatable bonds is 8. The topological polar surface area (TPSA) is 197 Å². The van der Waals surface area contributed by atoms with Gasteiger partial charge < -0.3 is 36.8 Å². The Hall–Kier alpha value is -7.74. The molecule has 6 aromatic carbocycles. The van der Waals surface area contributed by atoms with Gasteiger partial charge in [-0.1, -0.05) is 6.07 Å². The van der Waals surface area contributed by atoms with Crippen molar-refractivity contribution in [3.63, 3.8) is 0 Å². The average Bonchev–Trinajstić information content (AvgIpc) is 4.06. The third kappa shape index (κ3) is 8.59. The van der Waals surface area contributed by atoms with Gasteiger partial charge >= 0.3 is 20.2 Å². The van der Waals surface area contributed by atoms with Crippen molar-refractivity contribution in [3.8, 4) is 69.4 Å². The highest BCUT2D eigenvalue weighted by Crippen LogP contribution is 2.48. The standard InChI is InChI=1S/C26H22N2O6S.C26H19N2O6S.ClH/c2*1-31-23-7-4-17-10-22-20-12-25-24(32-15-33-25)11-18(20)8-9-28(22)14-21(17)26(23)34-35(29,30)19-5-2-16(13-27)3-6-19;/h2-7,11-12,22H,8-10,14-15H2,1H3;2-7,10-12,14H,8-9,15H2,1H3;1H/q;+1;. The van der Waals surface area contributed by atoms with Crippen LogP contribution in [-0.2, 0) is 52.6 Å². The van der Waals surface area contributed by atoms with Crippen LogP contribution in [-0.4, -0.2) is 56.1 Å². The smallest absolute Gasteiger partial charge is 0.339 e. The van der Waals surface area contributed by atoms with Gasteiger partial charge in [-0.15, -0.1) is 12.4 Å². The number of ether oxygens (including phenoxy) is 6. The van der Waals surface area contributed by atoms with E-state index in [-0.39, 0.29) is 53.3 Å². The number of nitriles is 2. The van der Waals surface area contributed by atoms with E-state index < -0.39 is 20.2 Å². The highest BCUT2D eigenvalue weighted by molar-refractivity contribution is 7.87. The first-order chi connectivity index (χ1) is 33.9. The summed E-state index contributed by atoms with van der Waals surface area (Å²) in [4.78, 5) is 2.27. The van der Waals surface area contributed by atoms with Gasteiger partial charge in [-0.3, -0.25) is 4.90 Å². The number of pyridine rings is 1. The van der Waals surface area contributed by atoms with Crippen molar-refractivity contribution in [2.45, 2.75) is 48.2 Å². The summed E-state index contributed by atoms with van der Waals surface area (Å²) in [5.41, 5.74) is 8.23. The van der Waals surface area contributed by atoms with Gasteiger partial charge in [0.05, 0.1) is 48.4 Å². The highest BCUT2D eigenvalue weighted by Gasteiger charge is 2.37. The van der Waals surface area contributed by atoms with Crippen LogP contribution in [0.5, 0.6) is 46.0 Å². The largest absolute Gasteiger partial charge is 0.493 e. The Bertz CT molecular complexity index is 3620. The molecule has 1 atom stereocenters. The molecular weight excluding hydrogens is 972 g/mol. The van der Waals surface area contributed by atoms with E-state index in [2.05, 4.69) is 21.6 Å². The molecule has 0 aliphatic carbocycles. The summed E-state index contributed by atoms with van der Waals surface area (Å²) >= 11 is 0. The monoisotopic (exact) mass is 1010 g/mol. The Labute approximate surface area is 415 Å². The van der Waals surface area contributed by atoms with Crippen molar-refractivity contribution in [2.24, 2.45) is 0 Å². The molecular formula is C52H42ClN4O12S2+. The van der Waals surface area contributed by atoms with Gasteiger partial charge in [0.1, 0.15) is 9.79 Å². The molecule has 5 aliphatic rings. The van der Waals surface area contributed by atoms with Crippen molar-refractivity contribution < 1.29 is 58.2 Å². The van der Waals surface area contributed by atoms with E-state index in [0.29, 0.717) is 53.3 Å². The first-order valence-corrected chi connectivity index (χ1v) is 25.0. The third-order valence-electron chi connectivity index (χ3n) is 13.1. The normalized spacial score (nSPS) is 15.6. The molecule has 1 unspecified atom stereocenters. The SMILES string of the molecule is COc1ccc2c(c1OS(=O)(=O)c1ccc(C#N)cc1)CN1CCc3cc4c(cc3C1C2)OCO4.COc1ccc2cc3[n+](cc2c1OS(=O)(=O)c1ccc(C#N)cc1)CCc1cc2c(cc1-3)OCO2.Cl. The van der Waals surface area contributed by atoms with Crippen LogP contribution in [0, 0.1) is 22.7 Å². The molecule has 0 spiro atoms. The average molecular weight is 1010 g/mol. The van der Waals surface area contributed by atoms with Crippen LogP contribution >= 0.6 is 12.4 Å². The zero-order valence-corrected chi connectivity index (χ0v) is 40.5. The molecule has 1 aromatic heterocycles. The molecule has 7 aromatic rings. The second kappa shape index (κ2) is 18.5. The van der Waals surface area contributed by atoms with Crippen molar-refractivity contribution in [2.75, 3.05) is 34.4 Å². The van der Waals surface area contributed by atoms with E-state index in [1.807, 2.05) is 48.7 Å². The number of aromatic nitrogens is 1. The van der Waals surface area contributed by atoms with Crippen LogP contribution in [0.15, 0.2) is 119 Å². The van der Waals surface area contributed by atoms with Gasteiger partial charge in [0.15, 0.2) is 58.7 Å². The fourth-order valence-electron chi connectivity index (χ4n) is 9.60. The summed E-state index contributed by atoms with van der Waals surface area (Å²) in [6, 6.07) is 32.8. The molecule has 5 aliphatic heterocycles. The number of benzene rings is 6. The van der Waals surface area contributed by atoms with Crippen molar-refractivity contribution in [1.82, 2.24) is 4.90 Å². The Morgan fingerprint density at radius 3 is 1.83 bits per heavy atom. The maximum Gasteiger partial charge on any atom is 0.339 e. The minimum atomic E-state index is -4.17. The zero-order valence-electron chi connectivity index (χ0n) is 38.0. The number of nitrogens with zero attached hydrogens (tertiary/aromatic N) is 4. The Kier molecular flexibility index (Phi) is 12.3. The van der Waals surface area contributed by atoms with E-state index in [4.69, 9.17) is 47.3 Å². The number of methoxy groups -OCH3 is 2. The highest BCUT2D eigenvalue weighted by atomic mass is 35.5. The summed E-state index contributed by atoms with van der Waals surface area (Å²) in [6.45, 7) is 2.52. The summed E-state index contributed by atoms with van der Waals surface area (Å²) < 4.78 is 99.0. The zero-order chi connectivity index (χ0) is 48.3. The van der Waals surface area contributed by atoms with Crippen LogP contribution in [0.1, 0.15) is 45.0 Å².